The molecule has 4 nitrogen and oxygen atoms in total. The minimum absolute atomic E-state index is 0.104. The van der Waals surface area contributed by atoms with Crippen molar-refractivity contribution >= 4 is 5.69 Å². The number of nitrogens with one attached hydrogen (secondary N) is 1. The second-order valence-electron chi connectivity index (χ2n) is 5.40. The molecule has 0 atom stereocenters. The van der Waals surface area contributed by atoms with Crippen LogP contribution in [-0.2, 0) is 6.61 Å². The molecule has 0 bridgehead atoms. The van der Waals surface area contributed by atoms with Crippen molar-refractivity contribution < 1.29 is 23.1 Å². The van der Waals surface area contributed by atoms with Crippen LogP contribution in [0.5, 0.6) is 17.2 Å². The predicted octanol–water partition coefficient (Wildman–Crippen LogP) is 4.96. The van der Waals surface area contributed by atoms with E-state index in [0.29, 0.717) is 17.2 Å². The van der Waals surface area contributed by atoms with Crippen LogP contribution in [0, 0.1) is 11.6 Å². The maximum absolute atomic E-state index is 13.6. The van der Waals surface area contributed by atoms with Gasteiger partial charge in [-0.15, -0.1) is 0 Å². The van der Waals surface area contributed by atoms with E-state index in [-0.39, 0.29) is 12.2 Å². The third kappa shape index (κ3) is 4.42. The van der Waals surface area contributed by atoms with Crippen LogP contribution in [0.25, 0.3) is 0 Å². The molecule has 3 rings (SSSR count). The highest BCUT2D eigenvalue weighted by Crippen LogP contribution is 2.22. The SMILES string of the molecule is COc1cccc(NOc2ccc(OCc3c(F)cccc3F)cc2)c1. The van der Waals surface area contributed by atoms with Crippen molar-refractivity contribution in [3.05, 3.63) is 83.9 Å². The van der Waals surface area contributed by atoms with E-state index in [1.165, 1.54) is 18.2 Å². The van der Waals surface area contributed by atoms with Gasteiger partial charge in [0.2, 0.25) is 0 Å². The molecule has 0 fully saturated rings. The normalized spacial score (nSPS) is 10.3. The van der Waals surface area contributed by atoms with Gasteiger partial charge in [-0.25, -0.2) is 14.3 Å². The van der Waals surface area contributed by atoms with Gasteiger partial charge in [0.1, 0.15) is 29.7 Å². The zero-order chi connectivity index (χ0) is 18.4. The van der Waals surface area contributed by atoms with Crippen LogP contribution in [-0.4, -0.2) is 7.11 Å². The third-order valence-electron chi connectivity index (χ3n) is 3.63. The Labute approximate surface area is 149 Å². The fraction of sp³-hybridized carbons (Fsp3) is 0.100. The summed E-state index contributed by atoms with van der Waals surface area (Å²) in [5.74, 6) is 0.473. The Morgan fingerprint density at radius 3 is 2.15 bits per heavy atom. The van der Waals surface area contributed by atoms with Crippen LogP contribution < -0.4 is 19.8 Å². The monoisotopic (exact) mass is 357 g/mol. The fourth-order valence-electron chi connectivity index (χ4n) is 2.23. The first-order chi connectivity index (χ1) is 12.7. The van der Waals surface area contributed by atoms with E-state index >= 15 is 0 Å². The highest BCUT2D eigenvalue weighted by molar-refractivity contribution is 5.47. The van der Waals surface area contributed by atoms with Gasteiger partial charge >= 0.3 is 0 Å². The summed E-state index contributed by atoms with van der Waals surface area (Å²) in [4.78, 5) is 5.47. The molecule has 26 heavy (non-hydrogen) atoms. The van der Waals surface area contributed by atoms with Crippen molar-refractivity contribution in [3.8, 4) is 17.2 Å². The molecule has 0 spiro atoms. The van der Waals surface area contributed by atoms with Crippen LogP contribution in [0.4, 0.5) is 14.5 Å². The molecule has 1 N–H and O–H groups in total. The number of hydrogen-bond acceptors (Lipinski definition) is 4. The van der Waals surface area contributed by atoms with Gasteiger partial charge in [0.25, 0.3) is 0 Å². The maximum Gasteiger partial charge on any atom is 0.155 e. The lowest BCUT2D eigenvalue weighted by atomic mass is 10.2. The number of anilines is 1. The van der Waals surface area contributed by atoms with E-state index < -0.39 is 11.6 Å². The van der Waals surface area contributed by atoms with Crippen molar-refractivity contribution in [1.29, 1.82) is 0 Å². The Morgan fingerprint density at radius 2 is 1.46 bits per heavy atom. The van der Waals surface area contributed by atoms with Gasteiger partial charge in [-0.2, -0.15) is 0 Å². The van der Waals surface area contributed by atoms with E-state index in [4.69, 9.17) is 14.3 Å². The topological polar surface area (TPSA) is 39.7 Å². The first kappa shape index (κ1) is 17.5. The summed E-state index contributed by atoms with van der Waals surface area (Å²) in [6, 6.07) is 17.7. The number of methoxy groups -OCH3 is 1. The fourth-order valence-corrected chi connectivity index (χ4v) is 2.23. The highest BCUT2D eigenvalue weighted by Gasteiger charge is 2.09. The van der Waals surface area contributed by atoms with E-state index in [2.05, 4.69) is 5.48 Å². The molecule has 3 aromatic rings. The Balaban J connectivity index is 1.56. The molecule has 0 heterocycles. The van der Waals surface area contributed by atoms with Gasteiger partial charge in [0.15, 0.2) is 5.75 Å². The molecule has 0 radical (unpaired) electrons. The lowest BCUT2D eigenvalue weighted by Gasteiger charge is -2.11. The minimum atomic E-state index is -0.632. The van der Waals surface area contributed by atoms with E-state index in [1.807, 2.05) is 18.2 Å². The summed E-state index contributed by atoms with van der Waals surface area (Å²) >= 11 is 0. The van der Waals surface area contributed by atoms with Crippen LogP contribution in [0.15, 0.2) is 66.7 Å². The van der Waals surface area contributed by atoms with Crippen molar-refractivity contribution in [1.82, 2.24) is 0 Å². The summed E-state index contributed by atoms with van der Waals surface area (Å²) in [5, 5.41) is 0. The number of rotatable bonds is 7. The van der Waals surface area contributed by atoms with E-state index in [1.54, 1.807) is 37.4 Å². The summed E-state index contributed by atoms with van der Waals surface area (Å²) in [7, 11) is 1.59. The van der Waals surface area contributed by atoms with Crippen molar-refractivity contribution in [2.45, 2.75) is 6.61 Å². The average Bonchev–Trinajstić information content (AvgIpc) is 2.67. The largest absolute Gasteiger partial charge is 0.497 e. The third-order valence-corrected chi connectivity index (χ3v) is 3.63. The maximum atomic E-state index is 13.6. The molecule has 0 amide bonds. The lowest BCUT2D eigenvalue weighted by Crippen LogP contribution is -2.05. The van der Waals surface area contributed by atoms with E-state index in [0.717, 1.165) is 5.69 Å². The smallest absolute Gasteiger partial charge is 0.155 e. The number of hydrogen-bond donors (Lipinski definition) is 1. The first-order valence-corrected chi connectivity index (χ1v) is 7.88. The molecule has 0 aliphatic heterocycles. The Kier molecular flexibility index (Phi) is 5.53. The predicted molar refractivity (Wildman–Crippen MR) is 94.4 cm³/mol. The van der Waals surface area contributed by atoms with Crippen molar-refractivity contribution in [2.24, 2.45) is 0 Å². The van der Waals surface area contributed by atoms with E-state index in [9.17, 15) is 8.78 Å². The molecule has 0 aliphatic carbocycles. The second-order valence-corrected chi connectivity index (χ2v) is 5.40. The molecule has 3 aromatic carbocycles. The Hall–Kier alpha value is -3.28. The van der Waals surface area contributed by atoms with Crippen LogP contribution in [0.2, 0.25) is 0 Å². The molecule has 0 aliphatic rings. The van der Waals surface area contributed by atoms with Gasteiger partial charge in [-0.3, -0.25) is 0 Å². The van der Waals surface area contributed by atoms with Gasteiger partial charge in [-0.05, 0) is 48.5 Å². The second kappa shape index (κ2) is 8.20. The number of benzene rings is 3. The molecule has 0 saturated carbocycles. The van der Waals surface area contributed by atoms with Crippen molar-refractivity contribution in [2.75, 3.05) is 12.6 Å². The summed E-state index contributed by atoms with van der Waals surface area (Å²) in [6.45, 7) is -0.194. The Bertz CT molecular complexity index is 849. The molecule has 134 valence electrons. The van der Waals surface area contributed by atoms with Gasteiger partial charge in [-0.1, -0.05) is 12.1 Å². The summed E-state index contributed by atoms with van der Waals surface area (Å²) in [5.41, 5.74) is 3.44. The van der Waals surface area contributed by atoms with Crippen molar-refractivity contribution in [3.63, 3.8) is 0 Å². The average molecular weight is 357 g/mol. The van der Waals surface area contributed by atoms with Gasteiger partial charge in [0, 0.05) is 6.07 Å². The summed E-state index contributed by atoms with van der Waals surface area (Å²) < 4.78 is 37.7. The number of halogens is 2. The van der Waals surface area contributed by atoms with Gasteiger partial charge < -0.3 is 14.3 Å². The van der Waals surface area contributed by atoms with Crippen LogP contribution in [0.3, 0.4) is 0 Å². The molecular formula is C20H17F2NO3. The first-order valence-electron chi connectivity index (χ1n) is 7.88. The molecule has 0 unspecified atom stereocenters. The van der Waals surface area contributed by atoms with Crippen LogP contribution >= 0.6 is 0 Å². The Morgan fingerprint density at radius 1 is 0.808 bits per heavy atom. The van der Waals surface area contributed by atoms with Crippen LogP contribution in [0.1, 0.15) is 5.56 Å². The molecule has 0 saturated heterocycles. The quantitative estimate of drug-likeness (QED) is 0.607. The number of ether oxygens (including phenoxy) is 2. The lowest BCUT2D eigenvalue weighted by molar-refractivity contribution is 0.292. The molecule has 0 aromatic heterocycles. The summed E-state index contributed by atoms with van der Waals surface area (Å²) in [6.07, 6.45) is 0. The zero-order valence-corrected chi connectivity index (χ0v) is 14.0. The minimum Gasteiger partial charge on any atom is -0.497 e. The van der Waals surface area contributed by atoms with Gasteiger partial charge in [0.05, 0.1) is 18.4 Å². The molecule has 6 heteroatoms. The highest BCUT2D eigenvalue weighted by atomic mass is 19.1. The standard InChI is InChI=1S/C20H17F2NO3/c1-24-17-5-2-4-14(12-17)23-26-16-10-8-15(9-11-16)25-13-18-19(21)6-3-7-20(18)22/h2-12,23H,13H2,1H3. The molecular weight excluding hydrogens is 340 g/mol. The zero-order valence-electron chi connectivity index (χ0n) is 14.0.